The Kier molecular flexibility index (Phi) is 3.89. The smallest absolute Gasteiger partial charge is 0.414 e. The molecule has 2 aromatic carbocycles. The van der Waals surface area contributed by atoms with E-state index in [4.69, 9.17) is 14.2 Å². The maximum Gasteiger partial charge on any atom is 0.414 e. The first-order chi connectivity index (χ1) is 13.2. The summed E-state index contributed by atoms with van der Waals surface area (Å²) in [5.41, 5.74) is 2.57. The van der Waals surface area contributed by atoms with Crippen LogP contribution in [0.5, 0.6) is 11.5 Å². The van der Waals surface area contributed by atoms with E-state index in [9.17, 15) is 9.18 Å². The van der Waals surface area contributed by atoms with Crippen molar-refractivity contribution in [1.82, 2.24) is 4.90 Å². The predicted molar refractivity (Wildman–Crippen MR) is 95.3 cm³/mol. The summed E-state index contributed by atoms with van der Waals surface area (Å²) in [5.74, 6) is 1.20. The van der Waals surface area contributed by atoms with Gasteiger partial charge in [0.15, 0.2) is 11.5 Å². The Labute approximate surface area is 156 Å². The van der Waals surface area contributed by atoms with Crippen LogP contribution in [0.1, 0.15) is 17.5 Å². The zero-order valence-electron chi connectivity index (χ0n) is 14.7. The lowest BCUT2D eigenvalue weighted by Crippen LogP contribution is -2.40. The molecule has 6 nitrogen and oxygen atoms in total. The maximum atomic E-state index is 13.9. The van der Waals surface area contributed by atoms with Crippen molar-refractivity contribution in [3.05, 3.63) is 53.3 Å². The van der Waals surface area contributed by atoms with Crippen LogP contribution in [0.2, 0.25) is 0 Å². The fourth-order valence-corrected chi connectivity index (χ4v) is 4.01. The third-order valence-corrected chi connectivity index (χ3v) is 5.31. The minimum absolute atomic E-state index is 0.0816. The Morgan fingerprint density at radius 3 is 3.00 bits per heavy atom. The number of nitrogens with zero attached hydrogens (tertiary/aromatic N) is 2. The summed E-state index contributed by atoms with van der Waals surface area (Å²) in [6.45, 7) is 2.66. The Morgan fingerprint density at radius 1 is 1.15 bits per heavy atom. The number of cyclic esters (lactones) is 1. The van der Waals surface area contributed by atoms with Crippen molar-refractivity contribution in [3.63, 3.8) is 0 Å². The summed E-state index contributed by atoms with van der Waals surface area (Å²) in [5, 5.41) is 0. The number of carbonyl (C=O) groups excluding carboxylic acids is 1. The molecule has 1 unspecified atom stereocenters. The number of rotatable bonds is 2. The highest BCUT2D eigenvalue weighted by Crippen LogP contribution is 2.37. The van der Waals surface area contributed by atoms with Gasteiger partial charge in [0.25, 0.3) is 0 Å². The molecular weight excluding hydrogens is 351 g/mol. The van der Waals surface area contributed by atoms with Gasteiger partial charge in [-0.1, -0.05) is 18.2 Å². The monoisotopic (exact) mass is 370 g/mol. The number of hydrogen-bond acceptors (Lipinski definition) is 5. The van der Waals surface area contributed by atoms with Gasteiger partial charge in [0, 0.05) is 25.2 Å². The summed E-state index contributed by atoms with van der Waals surface area (Å²) in [6, 6.07) is 10.4. The summed E-state index contributed by atoms with van der Waals surface area (Å²) in [6.07, 6.45) is 0.361. The number of para-hydroxylation sites is 1. The van der Waals surface area contributed by atoms with E-state index in [1.807, 2.05) is 18.2 Å². The van der Waals surface area contributed by atoms with Crippen molar-refractivity contribution in [3.8, 4) is 11.5 Å². The molecule has 0 spiro atoms. The lowest BCUT2D eigenvalue weighted by molar-refractivity contribution is 0.170. The van der Waals surface area contributed by atoms with Crippen molar-refractivity contribution in [2.45, 2.75) is 25.6 Å². The molecule has 0 N–H and O–H groups in total. The second-order valence-corrected chi connectivity index (χ2v) is 7.02. The Balaban J connectivity index is 1.47. The molecule has 7 heteroatoms. The van der Waals surface area contributed by atoms with Gasteiger partial charge in [-0.3, -0.25) is 9.80 Å². The number of fused-ring (bicyclic) bond motifs is 4. The van der Waals surface area contributed by atoms with E-state index >= 15 is 0 Å². The maximum absolute atomic E-state index is 13.9. The number of halogens is 1. The molecule has 2 aromatic rings. The van der Waals surface area contributed by atoms with Crippen molar-refractivity contribution < 1.29 is 23.4 Å². The molecule has 1 amide bonds. The van der Waals surface area contributed by atoms with E-state index in [1.54, 1.807) is 11.0 Å². The standard InChI is InChI=1S/C20H19FN2O4/c21-15-5-4-13-9-22(10-14-2-1-3-18-19(14)27-12-26-18)7-6-16-11-25-20(24)23(16)17(13)8-15/h1-5,8,16H,6-7,9-12H2. The fraction of sp³-hybridized carbons (Fsp3) is 0.350. The van der Waals surface area contributed by atoms with Crippen molar-refractivity contribution in [2.75, 3.05) is 24.8 Å². The number of carbonyl (C=O) groups is 1. The van der Waals surface area contributed by atoms with Gasteiger partial charge in [-0.25, -0.2) is 9.18 Å². The molecule has 0 bridgehead atoms. The van der Waals surface area contributed by atoms with Crippen LogP contribution in [0.3, 0.4) is 0 Å². The highest BCUT2D eigenvalue weighted by atomic mass is 19.1. The summed E-state index contributed by atoms with van der Waals surface area (Å²) in [7, 11) is 0. The molecule has 3 aliphatic rings. The molecule has 5 rings (SSSR count). The van der Waals surface area contributed by atoms with Crippen molar-refractivity contribution >= 4 is 11.8 Å². The van der Waals surface area contributed by atoms with Crippen LogP contribution in [-0.4, -0.2) is 37.0 Å². The molecule has 0 saturated carbocycles. The molecule has 1 fully saturated rings. The average molecular weight is 370 g/mol. The van der Waals surface area contributed by atoms with Crippen LogP contribution in [-0.2, 0) is 17.8 Å². The number of amides is 1. The fourth-order valence-electron chi connectivity index (χ4n) is 4.01. The molecule has 0 aliphatic carbocycles. The van der Waals surface area contributed by atoms with Gasteiger partial charge >= 0.3 is 6.09 Å². The zero-order chi connectivity index (χ0) is 18.4. The first-order valence-corrected chi connectivity index (χ1v) is 9.03. The van der Waals surface area contributed by atoms with Crippen LogP contribution in [0.4, 0.5) is 14.9 Å². The molecule has 3 heterocycles. The summed E-state index contributed by atoms with van der Waals surface area (Å²) >= 11 is 0. The van der Waals surface area contributed by atoms with Gasteiger partial charge in [-0.2, -0.15) is 0 Å². The van der Waals surface area contributed by atoms with Crippen molar-refractivity contribution in [2.24, 2.45) is 0 Å². The molecule has 0 aromatic heterocycles. The molecule has 1 atom stereocenters. The molecule has 27 heavy (non-hydrogen) atoms. The minimum Gasteiger partial charge on any atom is -0.454 e. The Bertz CT molecular complexity index is 904. The van der Waals surface area contributed by atoms with Crippen LogP contribution in [0.15, 0.2) is 36.4 Å². The SMILES string of the molecule is O=C1OCC2CCN(Cc3cccc4c3OCO4)Cc3ccc(F)cc3N12. The van der Waals surface area contributed by atoms with E-state index in [-0.39, 0.29) is 18.7 Å². The number of benzene rings is 2. The van der Waals surface area contributed by atoms with Gasteiger partial charge in [-0.15, -0.1) is 0 Å². The molecule has 1 saturated heterocycles. The predicted octanol–water partition coefficient (Wildman–Crippen LogP) is 3.29. The third kappa shape index (κ3) is 2.88. The second kappa shape index (κ2) is 6.42. The van der Waals surface area contributed by atoms with Crippen LogP contribution < -0.4 is 14.4 Å². The lowest BCUT2D eigenvalue weighted by Gasteiger charge is -2.32. The van der Waals surface area contributed by atoms with Gasteiger partial charge < -0.3 is 14.2 Å². The molecule has 140 valence electrons. The topological polar surface area (TPSA) is 51.2 Å². The van der Waals surface area contributed by atoms with E-state index in [2.05, 4.69) is 4.90 Å². The normalized spacial score (nSPS) is 21.3. The van der Waals surface area contributed by atoms with Crippen LogP contribution in [0, 0.1) is 5.82 Å². The van der Waals surface area contributed by atoms with Gasteiger partial charge in [0.1, 0.15) is 12.4 Å². The quantitative estimate of drug-likeness (QED) is 0.812. The van der Waals surface area contributed by atoms with Crippen LogP contribution >= 0.6 is 0 Å². The van der Waals surface area contributed by atoms with E-state index in [1.165, 1.54) is 12.1 Å². The largest absolute Gasteiger partial charge is 0.454 e. The summed E-state index contributed by atoms with van der Waals surface area (Å²) in [4.78, 5) is 16.1. The van der Waals surface area contributed by atoms with E-state index in [0.717, 1.165) is 35.6 Å². The zero-order valence-corrected chi connectivity index (χ0v) is 14.7. The number of anilines is 1. The second-order valence-electron chi connectivity index (χ2n) is 7.02. The highest BCUT2D eigenvalue weighted by Gasteiger charge is 2.37. The minimum atomic E-state index is -0.397. The van der Waals surface area contributed by atoms with Crippen LogP contribution in [0.25, 0.3) is 0 Å². The number of ether oxygens (including phenoxy) is 3. The van der Waals surface area contributed by atoms with Gasteiger partial charge in [0.05, 0.1) is 11.7 Å². The van der Waals surface area contributed by atoms with Crippen molar-refractivity contribution in [1.29, 1.82) is 0 Å². The Morgan fingerprint density at radius 2 is 2.07 bits per heavy atom. The first-order valence-electron chi connectivity index (χ1n) is 9.03. The highest BCUT2D eigenvalue weighted by molar-refractivity contribution is 5.91. The van der Waals surface area contributed by atoms with Gasteiger partial charge in [0.2, 0.25) is 6.79 Å². The number of hydrogen-bond donors (Lipinski definition) is 0. The summed E-state index contributed by atoms with van der Waals surface area (Å²) < 4.78 is 30.2. The Hall–Kier alpha value is -2.80. The first kappa shape index (κ1) is 16.4. The lowest BCUT2D eigenvalue weighted by atomic mass is 10.0. The average Bonchev–Trinajstić information content (AvgIpc) is 3.26. The molecular formula is C20H19FN2O4. The molecule has 0 radical (unpaired) electrons. The molecule has 3 aliphatic heterocycles. The van der Waals surface area contributed by atoms with E-state index in [0.29, 0.717) is 25.4 Å². The van der Waals surface area contributed by atoms with E-state index < -0.39 is 6.09 Å². The van der Waals surface area contributed by atoms with Gasteiger partial charge in [-0.05, 0) is 30.2 Å². The third-order valence-electron chi connectivity index (χ3n) is 5.31.